The van der Waals surface area contributed by atoms with Gasteiger partial charge in [-0.3, -0.25) is 0 Å². The van der Waals surface area contributed by atoms with Gasteiger partial charge < -0.3 is 23.7 Å². The fourth-order valence-electron chi connectivity index (χ4n) is 3.17. The van der Waals surface area contributed by atoms with Gasteiger partial charge in [-0.2, -0.15) is 0 Å². The zero-order valence-corrected chi connectivity index (χ0v) is 21.2. The summed E-state index contributed by atoms with van der Waals surface area (Å²) in [7, 11) is 3.04. The number of carbonyl (C=O) groups is 1. The number of aromatic nitrogens is 2. The summed E-state index contributed by atoms with van der Waals surface area (Å²) in [6.45, 7) is 0.148. The van der Waals surface area contributed by atoms with E-state index in [0.29, 0.717) is 33.4 Å². The number of aliphatic carboxylic acids is 1. The lowest BCUT2D eigenvalue weighted by atomic mass is 10.2. The zero-order chi connectivity index (χ0) is 26.4. The van der Waals surface area contributed by atoms with Crippen molar-refractivity contribution in [2.24, 2.45) is 0 Å². The number of hydrogen-bond acceptors (Lipinski definition) is 8. The Morgan fingerprint density at radius 3 is 2.41 bits per heavy atom. The van der Waals surface area contributed by atoms with Crippen molar-refractivity contribution in [1.82, 2.24) is 10.2 Å². The Morgan fingerprint density at radius 2 is 1.76 bits per heavy atom. The summed E-state index contributed by atoms with van der Waals surface area (Å²) in [6.07, 6.45) is 1.40. The lowest BCUT2D eigenvalue weighted by Crippen LogP contribution is -2.00. The molecule has 4 aromatic rings. The van der Waals surface area contributed by atoms with Crippen LogP contribution < -0.4 is 14.2 Å². The summed E-state index contributed by atoms with van der Waals surface area (Å²) in [5.41, 5.74) is 1.71. The van der Waals surface area contributed by atoms with E-state index in [1.54, 1.807) is 48.5 Å². The molecule has 1 N–H and O–H groups in total. The lowest BCUT2D eigenvalue weighted by molar-refractivity contribution is -0.131. The van der Waals surface area contributed by atoms with E-state index in [9.17, 15) is 14.3 Å². The van der Waals surface area contributed by atoms with Crippen molar-refractivity contribution < 1.29 is 32.9 Å². The lowest BCUT2D eigenvalue weighted by Gasteiger charge is -2.11. The average molecular weight is 543 g/mol. The molecule has 0 atom stereocenters. The number of nitrogens with zero attached hydrogens (tertiary/aromatic N) is 2. The maximum atomic E-state index is 13.2. The molecule has 0 aliphatic rings. The fourth-order valence-corrected chi connectivity index (χ4v) is 4.02. The molecule has 37 heavy (non-hydrogen) atoms. The number of hydrogen-bond donors (Lipinski definition) is 1. The summed E-state index contributed by atoms with van der Waals surface area (Å²) >= 11 is 6.93. The van der Waals surface area contributed by atoms with Crippen molar-refractivity contribution in [3.63, 3.8) is 0 Å². The minimum Gasteiger partial charge on any atom is -0.497 e. The van der Waals surface area contributed by atoms with Crippen molar-refractivity contribution in [2.75, 3.05) is 14.2 Å². The van der Waals surface area contributed by atoms with Crippen LogP contribution in [0.25, 0.3) is 17.5 Å². The monoisotopic (exact) mass is 542 g/mol. The van der Waals surface area contributed by atoms with Gasteiger partial charge in [0.1, 0.15) is 34.6 Å². The molecule has 0 bridgehead atoms. The molecular weight excluding hydrogens is 523 g/mol. The molecule has 0 fully saturated rings. The van der Waals surface area contributed by atoms with Gasteiger partial charge in [-0.25, -0.2) is 9.18 Å². The van der Waals surface area contributed by atoms with Crippen LogP contribution in [-0.2, 0) is 11.4 Å². The van der Waals surface area contributed by atoms with Gasteiger partial charge in [0, 0.05) is 22.2 Å². The van der Waals surface area contributed by atoms with E-state index < -0.39 is 5.97 Å². The summed E-state index contributed by atoms with van der Waals surface area (Å²) in [6, 6.07) is 15.8. The fraction of sp³-hybridized carbons (Fsp3) is 0.115. The van der Waals surface area contributed by atoms with Gasteiger partial charge in [0.05, 0.1) is 14.2 Å². The van der Waals surface area contributed by atoms with Crippen LogP contribution >= 0.6 is 23.4 Å². The summed E-state index contributed by atoms with van der Waals surface area (Å²) in [4.78, 5) is 11.9. The second-order valence-electron chi connectivity index (χ2n) is 7.49. The highest BCUT2D eigenvalue weighted by molar-refractivity contribution is 8.03. The van der Waals surface area contributed by atoms with Crippen molar-refractivity contribution in [3.05, 3.63) is 87.5 Å². The first kappa shape index (κ1) is 26.1. The quantitative estimate of drug-likeness (QED) is 0.181. The smallest absolute Gasteiger partial charge is 0.342 e. The van der Waals surface area contributed by atoms with E-state index in [4.69, 9.17) is 30.2 Å². The van der Waals surface area contributed by atoms with Crippen LogP contribution in [0.1, 0.15) is 11.1 Å². The van der Waals surface area contributed by atoms with Gasteiger partial charge in [0.15, 0.2) is 0 Å². The Balaban J connectivity index is 1.58. The highest BCUT2D eigenvalue weighted by atomic mass is 35.5. The average Bonchev–Trinajstić information content (AvgIpc) is 3.37. The molecule has 0 aliphatic carbocycles. The van der Waals surface area contributed by atoms with Crippen molar-refractivity contribution in [3.8, 4) is 28.7 Å². The molecule has 0 amide bonds. The van der Waals surface area contributed by atoms with Gasteiger partial charge in [-0.1, -0.05) is 23.7 Å². The first-order valence-corrected chi connectivity index (χ1v) is 11.9. The first-order chi connectivity index (χ1) is 17.8. The SMILES string of the molecule is COc1cc(OC)cc(-c2nnc(S/C(=C\c3cc(Cl)ccc3OCc3ccc(F)cc3)C(=O)O)o2)c1. The molecule has 190 valence electrons. The van der Waals surface area contributed by atoms with Gasteiger partial charge >= 0.3 is 5.97 Å². The number of benzene rings is 3. The number of thioether (sulfide) groups is 1. The van der Waals surface area contributed by atoms with E-state index in [1.165, 1.54) is 32.4 Å². The molecule has 11 heteroatoms. The Hall–Kier alpha value is -4.02. The van der Waals surface area contributed by atoms with E-state index in [-0.39, 0.29) is 28.4 Å². The summed E-state index contributed by atoms with van der Waals surface area (Å²) in [5, 5.41) is 18.2. The number of halogens is 2. The molecule has 4 rings (SSSR count). The van der Waals surface area contributed by atoms with Crippen LogP contribution in [-0.4, -0.2) is 35.5 Å². The van der Waals surface area contributed by atoms with Crippen LogP contribution in [0.4, 0.5) is 4.39 Å². The second-order valence-corrected chi connectivity index (χ2v) is 8.92. The molecule has 3 aromatic carbocycles. The Morgan fingerprint density at radius 1 is 1.05 bits per heavy atom. The Bertz CT molecular complexity index is 1420. The first-order valence-electron chi connectivity index (χ1n) is 10.7. The standard InChI is InChI=1S/C26H20ClFN2O6S/c1-33-20-10-17(11-21(13-20)34-2)24-29-30-26(36-24)37-23(25(31)32)12-16-9-18(27)5-8-22(16)35-14-15-3-6-19(28)7-4-15/h3-13H,14H2,1-2H3,(H,31,32)/b23-12-. The van der Waals surface area contributed by atoms with E-state index in [2.05, 4.69) is 10.2 Å². The number of ether oxygens (including phenoxy) is 3. The summed E-state index contributed by atoms with van der Waals surface area (Å²) < 4.78 is 35.2. The highest BCUT2D eigenvalue weighted by Crippen LogP contribution is 2.34. The van der Waals surface area contributed by atoms with Crippen molar-refractivity contribution in [1.29, 1.82) is 0 Å². The molecule has 0 aliphatic heterocycles. The van der Waals surface area contributed by atoms with Crippen LogP contribution in [0, 0.1) is 5.82 Å². The maximum absolute atomic E-state index is 13.2. The Labute approximate surface area is 220 Å². The van der Waals surface area contributed by atoms with E-state index in [0.717, 1.165) is 17.3 Å². The molecule has 0 saturated heterocycles. The van der Waals surface area contributed by atoms with Gasteiger partial charge in [-0.15, -0.1) is 10.2 Å². The van der Waals surface area contributed by atoms with Crippen LogP contribution in [0.5, 0.6) is 17.2 Å². The normalized spacial score (nSPS) is 11.3. The number of carboxylic acids is 1. The van der Waals surface area contributed by atoms with Gasteiger partial charge in [0.25, 0.3) is 5.22 Å². The van der Waals surface area contributed by atoms with E-state index in [1.807, 2.05) is 0 Å². The zero-order valence-electron chi connectivity index (χ0n) is 19.6. The predicted octanol–water partition coefficient (Wildman–Crippen LogP) is 6.34. The van der Waals surface area contributed by atoms with E-state index >= 15 is 0 Å². The van der Waals surface area contributed by atoms with Crippen molar-refractivity contribution >= 4 is 35.4 Å². The largest absolute Gasteiger partial charge is 0.497 e. The Kier molecular flexibility index (Phi) is 8.32. The molecule has 1 aromatic heterocycles. The topological polar surface area (TPSA) is 104 Å². The third-order valence-electron chi connectivity index (χ3n) is 4.98. The van der Waals surface area contributed by atoms with Crippen LogP contribution in [0.3, 0.4) is 0 Å². The number of carboxylic acid groups (broad SMARTS) is 1. The second kappa shape index (κ2) is 11.8. The van der Waals surface area contributed by atoms with Crippen LogP contribution in [0.15, 0.2) is 75.2 Å². The predicted molar refractivity (Wildman–Crippen MR) is 136 cm³/mol. The molecular formula is C26H20ClFN2O6S. The maximum Gasteiger partial charge on any atom is 0.342 e. The van der Waals surface area contributed by atoms with Crippen LogP contribution in [0.2, 0.25) is 5.02 Å². The third kappa shape index (κ3) is 6.81. The molecule has 0 radical (unpaired) electrons. The number of methoxy groups -OCH3 is 2. The molecule has 1 heterocycles. The minimum atomic E-state index is -1.21. The number of rotatable bonds is 10. The highest BCUT2D eigenvalue weighted by Gasteiger charge is 2.18. The van der Waals surface area contributed by atoms with Crippen molar-refractivity contribution in [2.45, 2.75) is 11.8 Å². The molecule has 0 spiro atoms. The van der Waals surface area contributed by atoms with Gasteiger partial charge in [0.2, 0.25) is 5.89 Å². The molecule has 8 nitrogen and oxygen atoms in total. The van der Waals surface area contributed by atoms with Gasteiger partial charge in [-0.05, 0) is 65.9 Å². The third-order valence-corrected chi connectivity index (χ3v) is 6.07. The summed E-state index contributed by atoms with van der Waals surface area (Å²) in [5.74, 6) is 0.0521. The molecule has 0 unspecified atom stereocenters. The minimum absolute atomic E-state index is 0.0150. The molecule has 0 saturated carbocycles.